The maximum atomic E-state index is 8.76. The standard InChI is InChI=1S/C12H9ClN4/c13-10-6-9(4-3-8(10)7-14)17-12-11(15)2-1-5-16-12/h1-6H,15H2,(H,16,17). The number of halogens is 1. The van der Waals surface area contributed by atoms with Crippen LogP contribution in [0.4, 0.5) is 17.2 Å². The summed E-state index contributed by atoms with van der Waals surface area (Å²) >= 11 is 5.92. The molecule has 0 saturated carbocycles. The maximum Gasteiger partial charge on any atom is 0.153 e. The molecule has 2 aromatic rings. The molecule has 0 radical (unpaired) electrons. The van der Waals surface area contributed by atoms with Crippen molar-refractivity contribution in [3.05, 3.63) is 47.1 Å². The molecule has 0 unspecified atom stereocenters. The van der Waals surface area contributed by atoms with Crippen LogP contribution in [0.1, 0.15) is 5.56 Å². The van der Waals surface area contributed by atoms with Gasteiger partial charge in [0.25, 0.3) is 0 Å². The van der Waals surface area contributed by atoms with Crippen LogP contribution in [0.15, 0.2) is 36.5 Å². The molecule has 5 heteroatoms. The molecule has 0 spiro atoms. The van der Waals surface area contributed by atoms with Crippen molar-refractivity contribution in [2.75, 3.05) is 11.1 Å². The molecular weight excluding hydrogens is 236 g/mol. The lowest BCUT2D eigenvalue weighted by Gasteiger charge is -2.08. The predicted molar refractivity (Wildman–Crippen MR) is 68.1 cm³/mol. The molecule has 0 aliphatic rings. The first kappa shape index (κ1) is 11.2. The molecule has 0 aliphatic heterocycles. The monoisotopic (exact) mass is 244 g/mol. The smallest absolute Gasteiger partial charge is 0.153 e. The first-order valence-corrected chi connectivity index (χ1v) is 5.25. The number of pyridine rings is 1. The molecule has 0 fully saturated rings. The SMILES string of the molecule is N#Cc1ccc(Nc2ncccc2N)cc1Cl. The van der Waals surface area contributed by atoms with E-state index in [9.17, 15) is 0 Å². The van der Waals surface area contributed by atoms with Gasteiger partial charge in [-0.3, -0.25) is 0 Å². The number of nitrogens with two attached hydrogens (primary N) is 1. The Hall–Kier alpha value is -2.25. The third kappa shape index (κ3) is 2.47. The van der Waals surface area contributed by atoms with Crippen LogP contribution >= 0.6 is 11.6 Å². The number of nitriles is 1. The average molecular weight is 245 g/mol. The van der Waals surface area contributed by atoms with Gasteiger partial charge >= 0.3 is 0 Å². The molecular formula is C12H9ClN4. The van der Waals surface area contributed by atoms with Crippen molar-refractivity contribution >= 4 is 28.8 Å². The van der Waals surface area contributed by atoms with Crippen molar-refractivity contribution in [1.29, 1.82) is 5.26 Å². The van der Waals surface area contributed by atoms with E-state index in [0.717, 1.165) is 5.69 Å². The van der Waals surface area contributed by atoms with Gasteiger partial charge in [0.15, 0.2) is 5.82 Å². The summed E-state index contributed by atoms with van der Waals surface area (Å²) in [6.07, 6.45) is 1.64. The van der Waals surface area contributed by atoms with Crippen molar-refractivity contribution in [2.45, 2.75) is 0 Å². The summed E-state index contributed by atoms with van der Waals surface area (Å²) in [4.78, 5) is 4.10. The first-order chi connectivity index (χ1) is 8.20. The minimum absolute atomic E-state index is 0.395. The lowest BCUT2D eigenvalue weighted by molar-refractivity contribution is 1.31. The van der Waals surface area contributed by atoms with Gasteiger partial charge in [0, 0.05) is 11.9 Å². The van der Waals surface area contributed by atoms with Crippen LogP contribution in [-0.2, 0) is 0 Å². The van der Waals surface area contributed by atoms with E-state index in [-0.39, 0.29) is 0 Å². The number of hydrogen-bond donors (Lipinski definition) is 2. The molecule has 17 heavy (non-hydrogen) atoms. The molecule has 3 N–H and O–H groups in total. The second-order valence-corrected chi connectivity index (χ2v) is 3.78. The van der Waals surface area contributed by atoms with Gasteiger partial charge in [0.1, 0.15) is 6.07 Å². The first-order valence-electron chi connectivity index (χ1n) is 4.88. The molecule has 84 valence electrons. The fourth-order valence-electron chi connectivity index (χ4n) is 1.34. The molecule has 4 nitrogen and oxygen atoms in total. The average Bonchev–Trinajstić information content (AvgIpc) is 2.32. The molecule has 1 aromatic heterocycles. The topological polar surface area (TPSA) is 74.7 Å². The fourth-order valence-corrected chi connectivity index (χ4v) is 1.57. The minimum Gasteiger partial charge on any atom is -0.396 e. The van der Waals surface area contributed by atoms with E-state index in [1.807, 2.05) is 6.07 Å². The summed E-state index contributed by atoms with van der Waals surface area (Å²) < 4.78 is 0. The summed E-state index contributed by atoms with van der Waals surface area (Å²) in [6, 6.07) is 10.6. The Morgan fingerprint density at radius 1 is 1.35 bits per heavy atom. The summed E-state index contributed by atoms with van der Waals surface area (Å²) in [5.41, 5.74) is 7.47. The van der Waals surface area contributed by atoms with Gasteiger partial charge in [-0.05, 0) is 30.3 Å². The minimum atomic E-state index is 0.395. The van der Waals surface area contributed by atoms with Crippen molar-refractivity contribution < 1.29 is 0 Å². The van der Waals surface area contributed by atoms with Crippen LogP contribution in [0, 0.1) is 11.3 Å². The van der Waals surface area contributed by atoms with Crippen LogP contribution in [0.5, 0.6) is 0 Å². The molecule has 1 aromatic carbocycles. The van der Waals surface area contributed by atoms with Crippen LogP contribution in [0.2, 0.25) is 5.02 Å². The van der Waals surface area contributed by atoms with E-state index in [0.29, 0.717) is 22.1 Å². The van der Waals surface area contributed by atoms with Gasteiger partial charge in [0.05, 0.1) is 16.3 Å². The van der Waals surface area contributed by atoms with Crippen molar-refractivity contribution in [3.63, 3.8) is 0 Å². The lowest BCUT2D eigenvalue weighted by atomic mass is 10.2. The Balaban J connectivity index is 2.29. The highest BCUT2D eigenvalue weighted by Gasteiger charge is 2.03. The predicted octanol–water partition coefficient (Wildman–Crippen LogP) is 2.93. The van der Waals surface area contributed by atoms with Crippen LogP contribution in [0.3, 0.4) is 0 Å². The number of nitrogen functional groups attached to an aromatic ring is 1. The van der Waals surface area contributed by atoms with Crippen LogP contribution < -0.4 is 11.1 Å². The molecule has 0 amide bonds. The highest BCUT2D eigenvalue weighted by molar-refractivity contribution is 6.32. The van der Waals surface area contributed by atoms with Gasteiger partial charge in [-0.25, -0.2) is 4.98 Å². The Labute approximate surface area is 104 Å². The molecule has 0 saturated heterocycles. The number of nitrogens with one attached hydrogen (secondary N) is 1. The van der Waals surface area contributed by atoms with Gasteiger partial charge in [-0.15, -0.1) is 0 Å². The molecule has 1 heterocycles. The highest BCUT2D eigenvalue weighted by atomic mass is 35.5. The molecule has 2 rings (SSSR count). The molecule has 0 atom stereocenters. The van der Waals surface area contributed by atoms with E-state index in [1.165, 1.54) is 0 Å². The fraction of sp³-hybridized carbons (Fsp3) is 0. The normalized spacial score (nSPS) is 9.65. The Bertz CT molecular complexity index is 589. The summed E-state index contributed by atoms with van der Waals surface area (Å²) in [7, 11) is 0. The quantitative estimate of drug-likeness (QED) is 0.852. The van der Waals surface area contributed by atoms with E-state index < -0.39 is 0 Å². The van der Waals surface area contributed by atoms with Crippen molar-refractivity contribution in [1.82, 2.24) is 4.98 Å². The Morgan fingerprint density at radius 2 is 2.18 bits per heavy atom. The van der Waals surface area contributed by atoms with Gasteiger partial charge in [-0.1, -0.05) is 11.6 Å². The maximum absolute atomic E-state index is 8.76. The number of anilines is 3. The summed E-state index contributed by atoms with van der Waals surface area (Å²) in [5.74, 6) is 0.563. The second kappa shape index (κ2) is 4.73. The zero-order chi connectivity index (χ0) is 12.3. The number of nitrogens with zero attached hydrogens (tertiary/aromatic N) is 2. The number of rotatable bonds is 2. The van der Waals surface area contributed by atoms with Gasteiger partial charge in [-0.2, -0.15) is 5.26 Å². The highest BCUT2D eigenvalue weighted by Crippen LogP contribution is 2.24. The number of benzene rings is 1. The van der Waals surface area contributed by atoms with Crippen molar-refractivity contribution in [2.24, 2.45) is 0 Å². The Kier molecular flexibility index (Phi) is 3.12. The number of aromatic nitrogens is 1. The molecule has 0 bridgehead atoms. The zero-order valence-corrected chi connectivity index (χ0v) is 9.57. The largest absolute Gasteiger partial charge is 0.396 e. The van der Waals surface area contributed by atoms with Crippen LogP contribution in [0.25, 0.3) is 0 Å². The van der Waals surface area contributed by atoms with Gasteiger partial charge < -0.3 is 11.1 Å². The van der Waals surface area contributed by atoms with Gasteiger partial charge in [0.2, 0.25) is 0 Å². The third-order valence-electron chi connectivity index (χ3n) is 2.19. The zero-order valence-electron chi connectivity index (χ0n) is 8.81. The van der Waals surface area contributed by atoms with E-state index >= 15 is 0 Å². The van der Waals surface area contributed by atoms with E-state index in [2.05, 4.69) is 10.3 Å². The van der Waals surface area contributed by atoms with E-state index in [1.54, 1.807) is 36.5 Å². The van der Waals surface area contributed by atoms with Crippen LogP contribution in [-0.4, -0.2) is 4.98 Å². The van der Waals surface area contributed by atoms with Crippen molar-refractivity contribution in [3.8, 4) is 6.07 Å². The van der Waals surface area contributed by atoms with E-state index in [4.69, 9.17) is 22.6 Å². The number of hydrogen-bond acceptors (Lipinski definition) is 4. The third-order valence-corrected chi connectivity index (χ3v) is 2.50. The summed E-state index contributed by atoms with van der Waals surface area (Å²) in [5, 5.41) is 12.2. The Morgan fingerprint density at radius 3 is 2.82 bits per heavy atom. The lowest BCUT2D eigenvalue weighted by Crippen LogP contribution is -1.98. The second-order valence-electron chi connectivity index (χ2n) is 3.37. The molecule has 0 aliphatic carbocycles. The summed E-state index contributed by atoms with van der Waals surface area (Å²) in [6.45, 7) is 0.